The zero-order valence-electron chi connectivity index (χ0n) is 14.3. The monoisotopic (exact) mass is 352 g/mol. The number of hydroxylamine groups is 1. The molecule has 9 heteroatoms. The zero-order valence-corrected chi connectivity index (χ0v) is 14.3. The van der Waals surface area contributed by atoms with Crippen LogP contribution in [0.15, 0.2) is 10.9 Å². The normalized spacial score (nSPS) is 20.9. The van der Waals surface area contributed by atoms with E-state index >= 15 is 0 Å². The first-order valence-corrected chi connectivity index (χ1v) is 8.56. The first-order chi connectivity index (χ1) is 12.0. The molecule has 3 heterocycles. The molecular formula is C16H24N4O5. The molecule has 0 amide bonds. The van der Waals surface area contributed by atoms with Crippen molar-refractivity contribution in [3.05, 3.63) is 22.0 Å². The number of aromatic nitrogens is 1. The number of nitrogens with one attached hydrogen (secondary N) is 1. The molecule has 1 saturated heterocycles. The van der Waals surface area contributed by atoms with Crippen LogP contribution >= 0.6 is 0 Å². The standard InChI is InChI=1S/C16H24N4O5/c1-2-11-10-17-14-13(20(11)24)9-12(16(22)23)15(21)19(14)4-3-18-5-7-25-8-6-18/h9,11,17,24H,2-8,10H2,1H3,(H,22,23). The molecule has 0 bridgehead atoms. The van der Waals surface area contributed by atoms with Gasteiger partial charge in [0.1, 0.15) is 17.1 Å². The fourth-order valence-electron chi connectivity index (χ4n) is 3.26. The number of hydrogen-bond acceptors (Lipinski definition) is 7. The maximum Gasteiger partial charge on any atom is 0.341 e. The molecule has 25 heavy (non-hydrogen) atoms. The summed E-state index contributed by atoms with van der Waals surface area (Å²) >= 11 is 0. The van der Waals surface area contributed by atoms with Crippen molar-refractivity contribution in [2.75, 3.05) is 49.8 Å². The second-order valence-corrected chi connectivity index (χ2v) is 6.30. The lowest BCUT2D eigenvalue weighted by Crippen LogP contribution is -2.45. The minimum absolute atomic E-state index is 0.167. The second kappa shape index (κ2) is 7.42. The van der Waals surface area contributed by atoms with Crippen LogP contribution in [-0.4, -0.2) is 71.2 Å². The van der Waals surface area contributed by atoms with Crippen molar-refractivity contribution in [1.29, 1.82) is 0 Å². The topological polar surface area (TPSA) is 107 Å². The van der Waals surface area contributed by atoms with Crippen molar-refractivity contribution in [1.82, 2.24) is 9.47 Å². The van der Waals surface area contributed by atoms with E-state index in [1.165, 1.54) is 10.6 Å². The number of rotatable bonds is 5. The van der Waals surface area contributed by atoms with Crippen LogP contribution in [-0.2, 0) is 11.3 Å². The van der Waals surface area contributed by atoms with Crippen LogP contribution in [0.2, 0.25) is 0 Å². The van der Waals surface area contributed by atoms with E-state index < -0.39 is 11.5 Å². The molecule has 3 rings (SSSR count). The Morgan fingerprint density at radius 2 is 2.08 bits per heavy atom. The molecule has 0 spiro atoms. The van der Waals surface area contributed by atoms with Gasteiger partial charge in [-0.05, 0) is 12.5 Å². The number of nitrogens with zero attached hydrogens (tertiary/aromatic N) is 3. The molecule has 2 aliphatic rings. The van der Waals surface area contributed by atoms with Gasteiger partial charge in [0.15, 0.2) is 0 Å². The summed E-state index contributed by atoms with van der Waals surface area (Å²) in [5.41, 5.74) is -0.564. The van der Waals surface area contributed by atoms with Crippen LogP contribution < -0.4 is 15.9 Å². The summed E-state index contributed by atoms with van der Waals surface area (Å²) in [6.45, 7) is 6.27. The minimum Gasteiger partial charge on any atom is -0.477 e. The van der Waals surface area contributed by atoms with Gasteiger partial charge in [0.05, 0.1) is 19.3 Å². The molecule has 1 aromatic rings. The average molecular weight is 352 g/mol. The summed E-state index contributed by atoms with van der Waals surface area (Å²) in [5, 5.41) is 24.0. The molecule has 0 aliphatic carbocycles. The van der Waals surface area contributed by atoms with Gasteiger partial charge >= 0.3 is 5.97 Å². The van der Waals surface area contributed by atoms with E-state index in [9.17, 15) is 19.9 Å². The summed E-state index contributed by atoms with van der Waals surface area (Å²) in [6, 6.07) is 1.08. The van der Waals surface area contributed by atoms with E-state index in [4.69, 9.17) is 4.74 Å². The van der Waals surface area contributed by atoms with Crippen molar-refractivity contribution < 1.29 is 19.8 Å². The number of fused-ring (bicyclic) bond motifs is 1. The lowest BCUT2D eigenvalue weighted by molar-refractivity contribution is 0.0363. The van der Waals surface area contributed by atoms with Crippen molar-refractivity contribution >= 4 is 17.5 Å². The molecular weight excluding hydrogens is 328 g/mol. The molecule has 1 atom stereocenters. The summed E-state index contributed by atoms with van der Waals surface area (Å²) in [7, 11) is 0. The number of hydrogen-bond donors (Lipinski definition) is 3. The van der Waals surface area contributed by atoms with Gasteiger partial charge in [-0.3, -0.25) is 19.5 Å². The Balaban J connectivity index is 1.95. The van der Waals surface area contributed by atoms with Gasteiger partial charge in [0.2, 0.25) is 0 Å². The number of pyridine rings is 1. The summed E-state index contributed by atoms with van der Waals surface area (Å²) < 4.78 is 6.73. The van der Waals surface area contributed by atoms with E-state index in [-0.39, 0.29) is 11.6 Å². The third kappa shape index (κ3) is 3.48. The number of anilines is 2. The highest BCUT2D eigenvalue weighted by atomic mass is 16.5. The minimum atomic E-state index is -1.29. The van der Waals surface area contributed by atoms with E-state index in [2.05, 4.69) is 10.2 Å². The number of carbonyl (C=O) groups is 1. The SMILES string of the molecule is CCC1CNc2c(cc(C(=O)O)c(=O)n2CCN2CCOCC2)N1O. The number of carboxylic acids is 1. The van der Waals surface area contributed by atoms with E-state index in [0.717, 1.165) is 18.2 Å². The van der Waals surface area contributed by atoms with Crippen molar-refractivity contribution in [3.63, 3.8) is 0 Å². The lowest BCUT2D eigenvalue weighted by atomic mass is 10.1. The van der Waals surface area contributed by atoms with Gasteiger partial charge < -0.3 is 15.2 Å². The Labute approximate surface area is 145 Å². The van der Waals surface area contributed by atoms with Gasteiger partial charge in [0, 0.05) is 32.7 Å². The maximum absolute atomic E-state index is 12.6. The van der Waals surface area contributed by atoms with E-state index in [0.29, 0.717) is 50.8 Å². The van der Waals surface area contributed by atoms with Crippen molar-refractivity contribution in [3.8, 4) is 0 Å². The number of aromatic carboxylic acids is 1. The molecule has 3 N–H and O–H groups in total. The average Bonchev–Trinajstić information content (AvgIpc) is 2.61. The van der Waals surface area contributed by atoms with Gasteiger partial charge in [-0.1, -0.05) is 6.92 Å². The van der Waals surface area contributed by atoms with Crippen molar-refractivity contribution in [2.24, 2.45) is 0 Å². The van der Waals surface area contributed by atoms with Crippen LogP contribution in [0.1, 0.15) is 23.7 Å². The first kappa shape index (κ1) is 17.7. The molecule has 1 aromatic heterocycles. The lowest BCUT2D eigenvalue weighted by Gasteiger charge is -2.36. The highest BCUT2D eigenvalue weighted by Crippen LogP contribution is 2.30. The summed E-state index contributed by atoms with van der Waals surface area (Å²) in [5.74, 6) is -0.824. The second-order valence-electron chi connectivity index (χ2n) is 6.30. The highest BCUT2D eigenvalue weighted by Gasteiger charge is 2.29. The van der Waals surface area contributed by atoms with Crippen molar-refractivity contribution in [2.45, 2.75) is 25.9 Å². The summed E-state index contributed by atoms with van der Waals surface area (Å²) in [4.78, 5) is 26.2. The fraction of sp³-hybridized carbons (Fsp3) is 0.625. The molecule has 2 aliphatic heterocycles. The summed E-state index contributed by atoms with van der Waals surface area (Å²) in [6.07, 6.45) is 0.693. The Morgan fingerprint density at radius 1 is 1.36 bits per heavy atom. The van der Waals surface area contributed by atoms with Crippen LogP contribution in [0.3, 0.4) is 0 Å². The fourth-order valence-corrected chi connectivity index (χ4v) is 3.26. The predicted octanol–water partition coefficient (Wildman–Crippen LogP) is 0.278. The molecule has 138 valence electrons. The Kier molecular flexibility index (Phi) is 5.26. The molecule has 9 nitrogen and oxygen atoms in total. The third-order valence-electron chi connectivity index (χ3n) is 4.81. The number of carboxylic acid groups (broad SMARTS) is 1. The number of morpholine rings is 1. The Hall–Kier alpha value is -2.10. The van der Waals surface area contributed by atoms with Crippen LogP contribution in [0.25, 0.3) is 0 Å². The zero-order chi connectivity index (χ0) is 18.0. The van der Waals surface area contributed by atoms with E-state index in [1.54, 1.807) is 0 Å². The third-order valence-corrected chi connectivity index (χ3v) is 4.81. The Bertz CT molecular complexity index is 699. The quantitative estimate of drug-likeness (QED) is 0.694. The van der Waals surface area contributed by atoms with Crippen LogP contribution in [0.4, 0.5) is 11.5 Å². The van der Waals surface area contributed by atoms with Gasteiger partial charge in [-0.2, -0.15) is 0 Å². The largest absolute Gasteiger partial charge is 0.477 e. The number of ether oxygens (including phenoxy) is 1. The molecule has 1 unspecified atom stereocenters. The van der Waals surface area contributed by atoms with E-state index in [1.807, 2.05) is 6.92 Å². The molecule has 0 saturated carbocycles. The molecule has 0 radical (unpaired) electrons. The molecule has 0 aromatic carbocycles. The van der Waals surface area contributed by atoms with Gasteiger partial charge in [0.25, 0.3) is 5.56 Å². The van der Waals surface area contributed by atoms with Gasteiger partial charge in [-0.25, -0.2) is 9.86 Å². The van der Waals surface area contributed by atoms with Crippen LogP contribution in [0.5, 0.6) is 0 Å². The van der Waals surface area contributed by atoms with Gasteiger partial charge in [-0.15, -0.1) is 0 Å². The first-order valence-electron chi connectivity index (χ1n) is 8.56. The Morgan fingerprint density at radius 3 is 2.72 bits per heavy atom. The highest BCUT2D eigenvalue weighted by molar-refractivity contribution is 5.90. The predicted molar refractivity (Wildman–Crippen MR) is 91.8 cm³/mol. The maximum atomic E-state index is 12.6. The smallest absolute Gasteiger partial charge is 0.341 e. The molecule has 1 fully saturated rings. The van der Waals surface area contributed by atoms with Crippen LogP contribution in [0, 0.1) is 0 Å².